The normalized spacial score (nSPS) is 21.6. The Morgan fingerprint density at radius 2 is 2.22 bits per heavy atom. The van der Waals surface area contributed by atoms with Gasteiger partial charge in [0.25, 0.3) is 5.91 Å². The average molecular weight is 243 g/mol. The zero-order valence-electron chi connectivity index (χ0n) is 9.63. The molecule has 18 heavy (non-hydrogen) atoms. The standard InChI is InChI=1S/C13H13N3O2/c17-11-7-8-3-1-2-4-9(8)12(11)15-13(18)10-5-6-14-16-10/h1-6,11-12,17H,7H2,(H,14,16)(H,15,18)/t11-,12-/m0/s1. The first-order valence-electron chi connectivity index (χ1n) is 5.82. The number of hydrogen-bond donors (Lipinski definition) is 3. The van der Waals surface area contributed by atoms with Gasteiger partial charge < -0.3 is 10.4 Å². The Morgan fingerprint density at radius 3 is 3.00 bits per heavy atom. The van der Waals surface area contributed by atoms with Gasteiger partial charge in [-0.05, 0) is 17.2 Å². The zero-order chi connectivity index (χ0) is 12.5. The molecular formula is C13H13N3O2. The van der Waals surface area contributed by atoms with Crippen molar-refractivity contribution < 1.29 is 9.90 Å². The Morgan fingerprint density at radius 1 is 1.39 bits per heavy atom. The van der Waals surface area contributed by atoms with Gasteiger partial charge in [0.2, 0.25) is 0 Å². The summed E-state index contributed by atoms with van der Waals surface area (Å²) in [5, 5.41) is 19.2. The molecule has 0 aliphatic heterocycles. The Labute approximate surface area is 104 Å². The van der Waals surface area contributed by atoms with Crippen LogP contribution < -0.4 is 5.32 Å². The number of nitrogens with zero attached hydrogens (tertiary/aromatic N) is 1. The van der Waals surface area contributed by atoms with E-state index < -0.39 is 6.10 Å². The number of aromatic amines is 1. The third kappa shape index (κ3) is 1.78. The highest BCUT2D eigenvalue weighted by Crippen LogP contribution is 2.31. The van der Waals surface area contributed by atoms with Crippen LogP contribution in [0.1, 0.15) is 27.7 Å². The van der Waals surface area contributed by atoms with Crippen LogP contribution >= 0.6 is 0 Å². The quantitative estimate of drug-likeness (QED) is 0.730. The summed E-state index contributed by atoms with van der Waals surface area (Å²) in [5.41, 5.74) is 2.46. The van der Waals surface area contributed by atoms with Crippen molar-refractivity contribution >= 4 is 5.91 Å². The van der Waals surface area contributed by atoms with Crippen LogP contribution in [-0.4, -0.2) is 27.3 Å². The first-order valence-corrected chi connectivity index (χ1v) is 5.82. The molecule has 0 bridgehead atoms. The number of aliphatic hydroxyl groups excluding tert-OH is 1. The molecule has 0 fully saturated rings. The second kappa shape index (κ2) is 4.27. The van der Waals surface area contributed by atoms with Crippen LogP contribution in [0.15, 0.2) is 36.5 Å². The molecule has 1 amide bonds. The molecule has 92 valence electrons. The Balaban J connectivity index is 1.83. The monoisotopic (exact) mass is 243 g/mol. The fraction of sp³-hybridized carbons (Fsp3) is 0.231. The van der Waals surface area contributed by atoms with E-state index in [1.807, 2.05) is 24.3 Å². The van der Waals surface area contributed by atoms with Crippen molar-refractivity contribution in [1.29, 1.82) is 0 Å². The lowest BCUT2D eigenvalue weighted by molar-refractivity contribution is 0.0853. The lowest BCUT2D eigenvalue weighted by atomic mass is 10.1. The molecule has 0 saturated heterocycles. The number of carbonyl (C=O) groups excluding carboxylic acids is 1. The summed E-state index contributed by atoms with van der Waals surface area (Å²) in [6, 6.07) is 9.00. The Hall–Kier alpha value is -2.14. The molecule has 0 unspecified atom stereocenters. The summed E-state index contributed by atoms with van der Waals surface area (Å²) >= 11 is 0. The highest BCUT2D eigenvalue weighted by Gasteiger charge is 2.32. The maximum absolute atomic E-state index is 11.9. The summed E-state index contributed by atoms with van der Waals surface area (Å²) in [4.78, 5) is 11.9. The molecular weight excluding hydrogens is 230 g/mol. The molecule has 2 aromatic rings. The lowest BCUT2D eigenvalue weighted by Crippen LogP contribution is -2.34. The number of aromatic nitrogens is 2. The summed E-state index contributed by atoms with van der Waals surface area (Å²) in [6.45, 7) is 0. The van der Waals surface area contributed by atoms with E-state index in [0.29, 0.717) is 12.1 Å². The van der Waals surface area contributed by atoms with Crippen LogP contribution in [-0.2, 0) is 6.42 Å². The number of benzene rings is 1. The Kier molecular flexibility index (Phi) is 2.60. The Bertz CT molecular complexity index is 565. The predicted molar refractivity (Wildman–Crippen MR) is 64.9 cm³/mol. The van der Waals surface area contributed by atoms with Crippen molar-refractivity contribution in [3.8, 4) is 0 Å². The maximum atomic E-state index is 11.9. The number of aliphatic hydroxyl groups is 1. The molecule has 2 atom stereocenters. The third-order valence-corrected chi connectivity index (χ3v) is 3.24. The molecule has 0 radical (unpaired) electrons. The summed E-state index contributed by atoms with van der Waals surface area (Å²) in [5.74, 6) is -0.256. The molecule has 5 nitrogen and oxygen atoms in total. The van der Waals surface area contributed by atoms with E-state index in [4.69, 9.17) is 0 Å². The second-order valence-electron chi connectivity index (χ2n) is 4.39. The zero-order valence-corrected chi connectivity index (χ0v) is 9.63. The highest BCUT2D eigenvalue weighted by molar-refractivity contribution is 5.92. The molecule has 1 aromatic heterocycles. The average Bonchev–Trinajstić information content (AvgIpc) is 2.98. The maximum Gasteiger partial charge on any atom is 0.269 e. The summed E-state index contributed by atoms with van der Waals surface area (Å²) in [7, 11) is 0. The van der Waals surface area contributed by atoms with Gasteiger partial charge in [0, 0.05) is 12.6 Å². The minimum Gasteiger partial charge on any atom is -0.390 e. The van der Waals surface area contributed by atoms with Crippen LogP contribution in [0.3, 0.4) is 0 Å². The fourth-order valence-corrected chi connectivity index (χ4v) is 2.35. The molecule has 1 aromatic carbocycles. The largest absolute Gasteiger partial charge is 0.390 e. The van der Waals surface area contributed by atoms with Crippen molar-refractivity contribution in [2.45, 2.75) is 18.6 Å². The van der Waals surface area contributed by atoms with E-state index >= 15 is 0 Å². The SMILES string of the molecule is O=C(N[C@H]1c2ccccc2C[C@@H]1O)c1ccn[nH]1. The van der Waals surface area contributed by atoms with Crippen molar-refractivity contribution in [2.24, 2.45) is 0 Å². The van der Waals surface area contributed by atoms with Crippen molar-refractivity contribution in [2.75, 3.05) is 0 Å². The van der Waals surface area contributed by atoms with Gasteiger partial charge in [-0.3, -0.25) is 9.89 Å². The van der Waals surface area contributed by atoms with E-state index in [2.05, 4.69) is 15.5 Å². The van der Waals surface area contributed by atoms with E-state index in [0.717, 1.165) is 11.1 Å². The fourth-order valence-electron chi connectivity index (χ4n) is 2.35. The van der Waals surface area contributed by atoms with Crippen LogP contribution in [0, 0.1) is 0 Å². The number of H-pyrrole nitrogens is 1. The van der Waals surface area contributed by atoms with Gasteiger partial charge in [-0.2, -0.15) is 5.10 Å². The van der Waals surface area contributed by atoms with Crippen LogP contribution in [0.25, 0.3) is 0 Å². The van der Waals surface area contributed by atoms with Gasteiger partial charge in [-0.25, -0.2) is 0 Å². The molecule has 1 heterocycles. The minimum absolute atomic E-state index is 0.256. The number of rotatable bonds is 2. The van der Waals surface area contributed by atoms with Gasteiger partial charge in [-0.15, -0.1) is 0 Å². The van der Waals surface area contributed by atoms with Crippen molar-refractivity contribution in [1.82, 2.24) is 15.5 Å². The molecule has 3 N–H and O–H groups in total. The van der Waals surface area contributed by atoms with Crippen LogP contribution in [0.5, 0.6) is 0 Å². The van der Waals surface area contributed by atoms with E-state index in [1.54, 1.807) is 6.07 Å². The topological polar surface area (TPSA) is 78.0 Å². The number of fused-ring (bicyclic) bond motifs is 1. The van der Waals surface area contributed by atoms with Gasteiger partial charge in [0.15, 0.2) is 0 Å². The molecule has 5 heteroatoms. The summed E-state index contributed by atoms with van der Waals surface area (Å²) in [6.07, 6.45) is 1.52. The number of hydrogen-bond acceptors (Lipinski definition) is 3. The predicted octanol–water partition coefficient (Wildman–Crippen LogP) is 0.798. The van der Waals surface area contributed by atoms with Gasteiger partial charge in [0.1, 0.15) is 5.69 Å². The van der Waals surface area contributed by atoms with E-state index in [-0.39, 0.29) is 11.9 Å². The van der Waals surface area contributed by atoms with Crippen LogP contribution in [0.2, 0.25) is 0 Å². The second-order valence-corrected chi connectivity index (χ2v) is 4.39. The number of carbonyl (C=O) groups is 1. The van der Waals surface area contributed by atoms with E-state index in [9.17, 15) is 9.90 Å². The van der Waals surface area contributed by atoms with Crippen molar-refractivity contribution in [3.05, 3.63) is 53.3 Å². The number of nitrogens with one attached hydrogen (secondary N) is 2. The smallest absolute Gasteiger partial charge is 0.269 e. The molecule has 1 aliphatic rings. The third-order valence-electron chi connectivity index (χ3n) is 3.24. The molecule has 0 saturated carbocycles. The van der Waals surface area contributed by atoms with E-state index in [1.165, 1.54) is 6.20 Å². The summed E-state index contributed by atoms with van der Waals surface area (Å²) < 4.78 is 0. The van der Waals surface area contributed by atoms with Crippen molar-refractivity contribution in [3.63, 3.8) is 0 Å². The highest BCUT2D eigenvalue weighted by atomic mass is 16.3. The van der Waals surface area contributed by atoms with Crippen LogP contribution in [0.4, 0.5) is 0 Å². The molecule has 1 aliphatic carbocycles. The number of amides is 1. The molecule has 3 rings (SSSR count). The lowest BCUT2D eigenvalue weighted by Gasteiger charge is -2.17. The molecule has 0 spiro atoms. The van der Waals surface area contributed by atoms with Gasteiger partial charge in [-0.1, -0.05) is 24.3 Å². The van der Waals surface area contributed by atoms with Gasteiger partial charge in [0.05, 0.1) is 12.1 Å². The minimum atomic E-state index is -0.575. The first kappa shape index (κ1) is 11.0. The first-order chi connectivity index (χ1) is 8.75. The van der Waals surface area contributed by atoms with Gasteiger partial charge >= 0.3 is 0 Å².